The van der Waals surface area contributed by atoms with Crippen LogP contribution in [0.5, 0.6) is 0 Å². The standard InChI is InChI=1S/C17H27N3O5/c1-3-4-13(2)20-12-17(25-16(20)23)5-7-18(8-6-17)14(21)11-19-9-10-24-15(19)22/h13H,3-12H2,1-2H3/t13-/m0/s1. The van der Waals surface area contributed by atoms with Gasteiger partial charge in [0.15, 0.2) is 0 Å². The van der Waals surface area contributed by atoms with E-state index in [2.05, 4.69) is 13.8 Å². The molecule has 0 bridgehead atoms. The van der Waals surface area contributed by atoms with Gasteiger partial charge in [0.25, 0.3) is 0 Å². The van der Waals surface area contributed by atoms with Gasteiger partial charge >= 0.3 is 12.2 Å². The summed E-state index contributed by atoms with van der Waals surface area (Å²) in [5, 5.41) is 0. The third-order valence-electron chi connectivity index (χ3n) is 5.43. The lowest BCUT2D eigenvalue weighted by atomic mass is 9.91. The van der Waals surface area contributed by atoms with Crippen molar-refractivity contribution in [1.29, 1.82) is 0 Å². The molecule has 8 heteroatoms. The fraction of sp³-hybridized carbons (Fsp3) is 0.824. The first-order valence-corrected chi connectivity index (χ1v) is 9.13. The smallest absolute Gasteiger partial charge is 0.410 e. The third kappa shape index (κ3) is 3.67. The highest BCUT2D eigenvalue weighted by Crippen LogP contribution is 2.34. The molecule has 0 unspecified atom stereocenters. The topological polar surface area (TPSA) is 79.4 Å². The van der Waals surface area contributed by atoms with Crippen molar-refractivity contribution in [3.63, 3.8) is 0 Å². The lowest BCUT2D eigenvalue weighted by molar-refractivity contribution is -0.135. The van der Waals surface area contributed by atoms with Crippen LogP contribution < -0.4 is 0 Å². The molecule has 25 heavy (non-hydrogen) atoms. The zero-order chi connectivity index (χ0) is 18.0. The summed E-state index contributed by atoms with van der Waals surface area (Å²) in [6.07, 6.45) is 2.61. The molecule has 0 N–H and O–H groups in total. The highest BCUT2D eigenvalue weighted by atomic mass is 16.6. The van der Waals surface area contributed by atoms with Gasteiger partial charge in [0, 0.05) is 32.0 Å². The average molecular weight is 353 g/mol. The molecule has 140 valence electrons. The Morgan fingerprint density at radius 2 is 1.92 bits per heavy atom. The number of nitrogens with zero attached hydrogens (tertiary/aromatic N) is 3. The van der Waals surface area contributed by atoms with Gasteiger partial charge in [0.2, 0.25) is 5.91 Å². The Bertz CT molecular complexity index is 544. The van der Waals surface area contributed by atoms with Gasteiger partial charge in [-0.15, -0.1) is 0 Å². The summed E-state index contributed by atoms with van der Waals surface area (Å²) in [7, 11) is 0. The second-order valence-electron chi connectivity index (χ2n) is 7.23. The summed E-state index contributed by atoms with van der Waals surface area (Å²) in [5.74, 6) is -0.0748. The van der Waals surface area contributed by atoms with Gasteiger partial charge in [-0.25, -0.2) is 9.59 Å². The molecule has 1 spiro atoms. The second kappa shape index (κ2) is 7.09. The SMILES string of the molecule is CCC[C@H](C)N1CC2(CCN(C(=O)CN3CCOC3=O)CC2)OC1=O. The Balaban J connectivity index is 1.52. The first-order valence-electron chi connectivity index (χ1n) is 9.13. The molecule has 0 aromatic heterocycles. The van der Waals surface area contributed by atoms with E-state index in [4.69, 9.17) is 9.47 Å². The number of rotatable bonds is 5. The van der Waals surface area contributed by atoms with Crippen LogP contribution in [0.4, 0.5) is 9.59 Å². The molecule has 8 nitrogen and oxygen atoms in total. The molecule has 0 radical (unpaired) electrons. The van der Waals surface area contributed by atoms with Crippen molar-refractivity contribution in [1.82, 2.24) is 14.7 Å². The highest BCUT2D eigenvalue weighted by Gasteiger charge is 2.48. The molecule has 0 aromatic carbocycles. The number of hydrogen-bond acceptors (Lipinski definition) is 5. The number of ether oxygens (including phenoxy) is 2. The van der Waals surface area contributed by atoms with E-state index in [1.54, 1.807) is 4.90 Å². The zero-order valence-electron chi connectivity index (χ0n) is 15.0. The van der Waals surface area contributed by atoms with E-state index < -0.39 is 11.7 Å². The number of likely N-dealkylation sites (tertiary alicyclic amines) is 1. The summed E-state index contributed by atoms with van der Waals surface area (Å²) in [6, 6.07) is 0.178. The third-order valence-corrected chi connectivity index (χ3v) is 5.43. The van der Waals surface area contributed by atoms with Crippen LogP contribution in [0.3, 0.4) is 0 Å². The van der Waals surface area contributed by atoms with Crippen LogP contribution >= 0.6 is 0 Å². The second-order valence-corrected chi connectivity index (χ2v) is 7.23. The van der Waals surface area contributed by atoms with Crippen LogP contribution in [0.2, 0.25) is 0 Å². The molecule has 3 rings (SSSR count). The van der Waals surface area contributed by atoms with Gasteiger partial charge in [0.1, 0.15) is 18.8 Å². The fourth-order valence-corrected chi connectivity index (χ4v) is 3.82. The number of carbonyl (C=O) groups is 3. The minimum absolute atomic E-state index is 0.0608. The Morgan fingerprint density at radius 3 is 2.52 bits per heavy atom. The fourth-order valence-electron chi connectivity index (χ4n) is 3.82. The average Bonchev–Trinajstić information content (AvgIpc) is 3.12. The van der Waals surface area contributed by atoms with Crippen LogP contribution in [-0.4, -0.2) is 83.8 Å². The van der Waals surface area contributed by atoms with Crippen molar-refractivity contribution >= 4 is 18.1 Å². The van der Waals surface area contributed by atoms with Crippen molar-refractivity contribution < 1.29 is 23.9 Å². The molecular formula is C17H27N3O5. The predicted octanol–water partition coefficient (Wildman–Crippen LogP) is 1.44. The first-order chi connectivity index (χ1) is 11.9. The molecular weight excluding hydrogens is 326 g/mol. The van der Waals surface area contributed by atoms with Crippen LogP contribution in [-0.2, 0) is 14.3 Å². The Labute approximate surface area is 148 Å². The number of cyclic esters (lactones) is 1. The maximum atomic E-state index is 12.4. The van der Waals surface area contributed by atoms with Gasteiger partial charge in [-0.2, -0.15) is 0 Å². The van der Waals surface area contributed by atoms with Crippen molar-refractivity contribution in [3.05, 3.63) is 0 Å². The molecule has 0 saturated carbocycles. The molecule has 3 heterocycles. The highest BCUT2D eigenvalue weighted by molar-refractivity contribution is 5.83. The maximum Gasteiger partial charge on any atom is 0.410 e. The summed E-state index contributed by atoms with van der Waals surface area (Å²) < 4.78 is 10.6. The number of hydrogen-bond donors (Lipinski definition) is 0. The number of carbonyl (C=O) groups excluding carboxylic acids is 3. The molecule has 3 fully saturated rings. The Morgan fingerprint density at radius 1 is 1.20 bits per heavy atom. The molecule has 3 amide bonds. The normalized spacial score (nSPS) is 23.8. The van der Waals surface area contributed by atoms with Crippen molar-refractivity contribution in [3.8, 4) is 0 Å². The minimum Gasteiger partial charge on any atom is -0.448 e. The molecule has 3 saturated heterocycles. The maximum absolute atomic E-state index is 12.4. The summed E-state index contributed by atoms with van der Waals surface area (Å²) in [4.78, 5) is 41.1. The van der Waals surface area contributed by atoms with Gasteiger partial charge in [-0.1, -0.05) is 13.3 Å². The monoisotopic (exact) mass is 353 g/mol. The van der Waals surface area contributed by atoms with Crippen LogP contribution in [0.15, 0.2) is 0 Å². The van der Waals surface area contributed by atoms with Crippen molar-refractivity contribution in [2.75, 3.05) is 39.3 Å². The number of piperidine rings is 1. The van der Waals surface area contributed by atoms with Crippen molar-refractivity contribution in [2.45, 2.75) is 51.2 Å². The number of amides is 3. The van der Waals surface area contributed by atoms with E-state index in [1.165, 1.54) is 4.90 Å². The van der Waals surface area contributed by atoms with Gasteiger partial charge in [-0.3, -0.25) is 9.69 Å². The molecule has 3 aliphatic heterocycles. The quantitative estimate of drug-likeness (QED) is 0.747. The van der Waals surface area contributed by atoms with Crippen LogP contribution in [0, 0.1) is 0 Å². The summed E-state index contributed by atoms with van der Waals surface area (Å²) in [6.45, 7) is 6.72. The lowest BCUT2D eigenvalue weighted by Gasteiger charge is -2.38. The lowest BCUT2D eigenvalue weighted by Crippen LogP contribution is -2.51. The van der Waals surface area contributed by atoms with Gasteiger partial charge in [-0.05, 0) is 13.3 Å². The minimum atomic E-state index is -0.470. The molecule has 1 atom stereocenters. The van der Waals surface area contributed by atoms with E-state index in [-0.39, 0.29) is 24.6 Å². The predicted molar refractivity (Wildman–Crippen MR) is 89.0 cm³/mol. The van der Waals surface area contributed by atoms with Crippen molar-refractivity contribution in [2.24, 2.45) is 0 Å². The van der Waals surface area contributed by atoms with E-state index in [9.17, 15) is 14.4 Å². The largest absolute Gasteiger partial charge is 0.448 e. The first kappa shape index (κ1) is 17.8. The van der Waals surface area contributed by atoms with Crippen LogP contribution in [0.1, 0.15) is 39.5 Å². The zero-order valence-corrected chi connectivity index (χ0v) is 15.0. The molecule has 0 aromatic rings. The van der Waals surface area contributed by atoms with E-state index in [0.717, 1.165) is 12.8 Å². The van der Waals surface area contributed by atoms with E-state index in [0.29, 0.717) is 45.6 Å². The summed E-state index contributed by atoms with van der Waals surface area (Å²) in [5.41, 5.74) is -0.470. The Hall–Kier alpha value is -1.99. The Kier molecular flexibility index (Phi) is 5.06. The van der Waals surface area contributed by atoms with Crippen LogP contribution in [0.25, 0.3) is 0 Å². The summed E-state index contributed by atoms with van der Waals surface area (Å²) >= 11 is 0. The van der Waals surface area contributed by atoms with E-state index in [1.807, 2.05) is 4.90 Å². The van der Waals surface area contributed by atoms with Gasteiger partial charge in [0.05, 0.1) is 13.1 Å². The van der Waals surface area contributed by atoms with Gasteiger partial charge < -0.3 is 19.3 Å². The molecule has 3 aliphatic rings. The van der Waals surface area contributed by atoms with E-state index >= 15 is 0 Å². The molecule has 0 aliphatic carbocycles.